The van der Waals surface area contributed by atoms with Crippen LogP contribution in [0, 0.1) is 12.8 Å². The number of likely N-dealkylation sites (tertiary alicyclic amines) is 1. The predicted octanol–water partition coefficient (Wildman–Crippen LogP) is 1.31. The van der Waals surface area contributed by atoms with E-state index in [1.54, 1.807) is 11.1 Å². The molecule has 0 spiro atoms. The van der Waals surface area contributed by atoms with Crippen LogP contribution in [0.1, 0.15) is 18.4 Å². The van der Waals surface area contributed by atoms with E-state index in [0.717, 1.165) is 17.8 Å². The Morgan fingerprint density at radius 1 is 1.41 bits per heavy atom. The molecule has 2 heterocycles. The van der Waals surface area contributed by atoms with Crippen LogP contribution in [-0.2, 0) is 4.79 Å². The molecular weight excluding hydrogens is 284 g/mol. The van der Waals surface area contributed by atoms with Crippen LogP contribution in [0.5, 0.6) is 0 Å². The van der Waals surface area contributed by atoms with Gasteiger partial charge >= 0.3 is 12.0 Å². The maximum Gasteiger partial charge on any atom is 0.317 e. The van der Waals surface area contributed by atoms with Gasteiger partial charge in [0, 0.05) is 32.4 Å². The van der Waals surface area contributed by atoms with Crippen molar-refractivity contribution in [2.24, 2.45) is 5.92 Å². The monoisotopic (exact) mass is 306 g/mol. The molecule has 1 atom stereocenters. The average molecular weight is 306 g/mol. The molecule has 120 valence electrons. The Labute approximate surface area is 129 Å². The van der Waals surface area contributed by atoms with Gasteiger partial charge in [-0.05, 0) is 31.4 Å². The van der Waals surface area contributed by atoms with E-state index in [2.05, 4.69) is 15.6 Å². The smallest absolute Gasteiger partial charge is 0.317 e. The molecule has 7 nitrogen and oxygen atoms in total. The third kappa shape index (κ3) is 4.61. The number of aryl methyl sites for hydroxylation is 1. The molecule has 1 aromatic heterocycles. The molecule has 7 heteroatoms. The normalized spacial score (nSPS) is 17.3. The Bertz CT molecular complexity index is 518. The summed E-state index contributed by atoms with van der Waals surface area (Å²) in [5.41, 5.74) is 1.11. The molecule has 0 aliphatic carbocycles. The van der Waals surface area contributed by atoms with E-state index in [0.29, 0.717) is 32.6 Å². The van der Waals surface area contributed by atoms with Crippen molar-refractivity contribution in [2.75, 3.05) is 31.5 Å². The maximum absolute atomic E-state index is 11.9. The van der Waals surface area contributed by atoms with E-state index >= 15 is 0 Å². The van der Waals surface area contributed by atoms with Crippen molar-refractivity contribution in [3.63, 3.8) is 0 Å². The van der Waals surface area contributed by atoms with Gasteiger partial charge in [-0.25, -0.2) is 9.78 Å². The number of nitrogens with zero attached hydrogens (tertiary/aromatic N) is 2. The quantitative estimate of drug-likeness (QED) is 0.689. The number of amides is 2. The zero-order valence-electron chi connectivity index (χ0n) is 12.7. The lowest BCUT2D eigenvalue weighted by atomic mass is 10.1. The number of nitrogens with one attached hydrogen (secondary N) is 2. The first-order chi connectivity index (χ1) is 10.6. The van der Waals surface area contributed by atoms with E-state index in [4.69, 9.17) is 5.11 Å². The number of hydrogen-bond acceptors (Lipinski definition) is 4. The second kappa shape index (κ2) is 7.63. The number of aliphatic carboxylic acids is 1. The van der Waals surface area contributed by atoms with E-state index < -0.39 is 11.9 Å². The third-order valence-corrected chi connectivity index (χ3v) is 3.67. The van der Waals surface area contributed by atoms with Gasteiger partial charge in [-0.2, -0.15) is 0 Å². The Hall–Kier alpha value is -2.31. The van der Waals surface area contributed by atoms with Crippen LogP contribution in [0.4, 0.5) is 10.6 Å². The first kappa shape index (κ1) is 16.1. The summed E-state index contributed by atoms with van der Waals surface area (Å²) < 4.78 is 0. The molecule has 0 radical (unpaired) electrons. The number of carbonyl (C=O) groups excluding carboxylic acids is 1. The minimum absolute atomic E-state index is 0.183. The van der Waals surface area contributed by atoms with Crippen molar-refractivity contribution in [3.8, 4) is 0 Å². The van der Waals surface area contributed by atoms with Crippen LogP contribution in [0.25, 0.3) is 0 Å². The van der Waals surface area contributed by atoms with E-state index in [1.165, 1.54) is 0 Å². The number of hydrogen-bond donors (Lipinski definition) is 3. The van der Waals surface area contributed by atoms with Crippen LogP contribution in [-0.4, -0.2) is 53.2 Å². The van der Waals surface area contributed by atoms with Crippen molar-refractivity contribution < 1.29 is 14.7 Å². The number of rotatable bonds is 6. The van der Waals surface area contributed by atoms with Gasteiger partial charge in [-0.3, -0.25) is 4.79 Å². The second-order valence-corrected chi connectivity index (χ2v) is 5.50. The number of carboxylic acid groups (broad SMARTS) is 1. The minimum Gasteiger partial charge on any atom is -0.481 e. The highest BCUT2D eigenvalue weighted by Gasteiger charge is 2.30. The van der Waals surface area contributed by atoms with Gasteiger partial charge in [0.15, 0.2) is 0 Å². The summed E-state index contributed by atoms with van der Waals surface area (Å²) in [6.07, 6.45) is 3.11. The Morgan fingerprint density at radius 2 is 2.23 bits per heavy atom. The zero-order chi connectivity index (χ0) is 15.9. The molecule has 1 unspecified atom stereocenters. The van der Waals surface area contributed by atoms with E-state index in [9.17, 15) is 9.59 Å². The number of pyridine rings is 1. The van der Waals surface area contributed by atoms with Crippen LogP contribution in [0.15, 0.2) is 18.3 Å². The highest BCUT2D eigenvalue weighted by Crippen LogP contribution is 2.15. The van der Waals surface area contributed by atoms with Gasteiger partial charge in [0.2, 0.25) is 0 Å². The fourth-order valence-corrected chi connectivity index (χ4v) is 2.33. The number of anilines is 1. The van der Waals surface area contributed by atoms with Gasteiger partial charge in [0.05, 0.1) is 5.92 Å². The van der Waals surface area contributed by atoms with Crippen LogP contribution in [0.3, 0.4) is 0 Å². The number of carbonyl (C=O) groups is 2. The SMILES string of the molecule is Cc1ccc(NCCCNC(=O)N2CCC(C(=O)O)C2)nc1. The summed E-state index contributed by atoms with van der Waals surface area (Å²) in [6, 6.07) is 3.73. The Kier molecular flexibility index (Phi) is 5.57. The topological polar surface area (TPSA) is 94.6 Å². The summed E-state index contributed by atoms with van der Waals surface area (Å²) in [7, 11) is 0. The molecule has 0 bridgehead atoms. The molecular formula is C15H22N4O3. The lowest BCUT2D eigenvalue weighted by Gasteiger charge is -2.16. The predicted molar refractivity (Wildman–Crippen MR) is 82.8 cm³/mol. The second-order valence-electron chi connectivity index (χ2n) is 5.50. The average Bonchev–Trinajstić information content (AvgIpc) is 2.99. The summed E-state index contributed by atoms with van der Waals surface area (Å²) in [5, 5.41) is 14.9. The van der Waals surface area contributed by atoms with Gasteiger partial charge in [-0.1, -0.05) is 6.07 Å². The first-order valence-corrected chi connectivity index (χ1v) is 7.48. The van der Waals surface area contributed by atoms with Crippen molar-refractivity contribution >= 4 is 17.8 Å². The molecule has 1 saturated heterocycles. The highest BCUT2D eigenvalue weighted by atomic mass is 16.4. The van der Waals surface area contributed by atoms with Gasteiger partial charge in [-0.15, -0.1) is 0 Å². The summed E-state index contributed by atoms with van der Waals surface area (Å²) in [5.74, 6) is -0.439. The van der Waals surface area contributed by atoms with Gasteiger partial charge in [0.1, 0.15) is 5.82 Å². The lowest BCUT2D eigenvalue weighted by Crippen LogP contribution is -2.39. The molecule has 0 saturated carbocycles. The van der Waals surface area contributed by atoms with Crippen molar-refractivity contribution in [1.29, 1.82) is 0 Å². The molecule has 22 heavy (non-hydrogen) atoms. The van der Waals surface area contributed by atoms with Crippen molar-refractivity contribution in [1.82, 2.24) is 15.2 Å². The van der Waals surface area contributed by atoms with E-state index in [1.807, 2.05) is 19.1 Å². The number of aromatic nitrogens is 1. The fourth-order valence-electron chi connectivity index (χ4n) is 2.33. The van der Waals surface area contributed by atoms with Crippen molar-refractivity contribution in [2.45, 2.75) is 19.8 Å². The number of urea groups is 1. The van der Waals surface area contributed by atoms with Gasteiger partial charge in [0.25, 0.3) is 0 Å². The van der Waals surface area contributed by atoms with Gasteiger partial charge < -0.3 is 20.6 Å². The maximum atomic E-state index is 11.9. The number of carboxylic acids is 1. The molecule has 3 N–H and O–H groups in total. The Balaban J connectivity index is 1.59. The summed E-state index contributed by atoms with van der Waals surface area (Å²) in [6.45, 7) is 4.06. The standard InChI is InChI=1S/C15H22N4O3/c1-11-3-4-13(18-9-11)16-6-2-7-17-15(22)19-8-5-12(10-19)14(20)21/h3-4,9,12H,2,5-8,10H2,1H3,(H,16,18)(H,17,22)(H,20,21). The molecule has 2 rings (SSSR count). The van der Waals surface area contributed by atoms with Crippen LogP contribution < -0.4 is 10.6 Å². The Morgan fingerprint density at radius 3 is 2.86 bits per heavy atom. The molecule has 0 aromatic carbocycles. The minimum atomic E-state index is -0.829. The third-order valence-electron chi connectivity index (χ3n) is 3.67. The zero-order valence-corrected chi connectivity index (χ0v) is 12.7. The molecule has 1 aliphatic heterocycles. The largest absolute Gasteiger partial charge is 0.481 e. The summed E-state index contributed by atoms with van der Waals surface area (Å²) >= 11 is 0. The van der Waals surface area contributed by atoms with E-state index in [-0.39, 0.29) is 6.03 Å². The molecule has 2 amide bonds. The fraction of sp³-hybridized carbons (Fsp3) is 0.533. The first-order valence-electron chi connectivity index (χ1n) is 7.48. The molecule has 1 aromatic rings. The van der Waals surface area contributed by atoms with Crippen LogP contribution >= 0.6 is 0 Å². The van der Waals surface area contributed by atoms with Crippen molar-refractivity contribution in [3.05, 3.63) is 23.9 Å². The molecule has 1 aliphatic rings. The highest BCUT2D eigenvalue weighted by molar-refractivity contribution is 5.77. The summed E-state index contributed by atoms with van der Waals surface area (Å²) in [4.78, 5) is 28.5. The lowest BCUT2D eigenvalue weighted by molar-refractivity contribution is -0.141. The molecule has 1 fully saturated rings. The van der Waals surface area contributed by atoms with Crippen LogP contribution in [0.2, 0.25) is 0 Å².